The van der Waals surface area contributed by atoms with Crippen LogP contribution in [-0.4, -0.2) is 33.6 Å². The van der Waals surface area contributed by atoms with Crippen molar-refractivity contribution in [3.05, 3.63) is 59.0 Å². The highest BCUT2D eigenvalue weighted by Crippen LogP contribution is 2.25. The number of pyridine rings is 1. The van der Waals surface area contributed by atoms with Crippen molar-refractivity contribution in [2.45, 2.75) is 19.4 Å². The van der Waals surface area contributed by atoms with Gasteiger partial charge in [0, 0.05) is 25.8 Å². The fourth-order valence-electron chi connectivity index (χ4n) is 3.44. The van der Waals surface area contributed by atoms with E-state index in [1.54, 1.807) is 18.2 Å². The lowest BCUT2D eigenvalue weighted by molar-refractivity contribution is -0.125. The molecule has 0 radical (unpaired) electrons. The highest BCUT2D eigenvalue weighted by atomic mass is 35.5. The number of fused-ring (bicyclic) bond motifs is 1. The summed E-state index contributed by atoms with van der Waals surface area (Å²) in [5.41, 5.74) is 1.35. The molecule has 0 spiro atoms. The Balaban J connectivity index is 1.44. The number of carbonyl (C=O) groups is 1. The molecule has 6 nitrogen and oxygen atoms in total. The fraction of sp³-hybridized carbons (Fsp3) is 0.316. The molecule has 1 fully saturated rings. The SMILES string of the molecule is O=C(NCc1cccc(F)c1)[C@@H]1CCCN(c2nnc3c(Cl)cccn23)C1. The average molecular weight is 388 g/mol. The van der Waals surface area contributed by atoms with E-state index in [1.165, 1.54) is 12.1 Å². The molecule has 1 saturated heterocycles. The van der Waals surface area contributed by atoms with Gasteiger partial charge in [0.2, 0.25) is 11.9 Å². The van der Waals surface area contributed by atoms with E-state index < -0.39 is 0 Å². The molecular weight excluding hydrogens is 369 g/mol. The van der Waals surface area contributed by atoms with Gasteiger partial charge in [0.25, 0.3) is 0 Å². The largest absolute Gasteiger partial charge is 0.352 e. The van der Waals surface area contributed by atoms with Crippen molar-refractivity contribution in [3.8, 4) is 0 Å². The second-order valence-corrected chi connectivity index (χ2v) is 7.09. The Morgan fingerprint density at radius 1 is 1.30 bits per heavy atom. The van der Waals surface area contributed by atoms with Crippen LogP contribution in [0.1, 0.15) is 18.4 Å². The topological polar surface area (TPSA) is 62.5 Å². The van der Waals surface area contributed by atoms with Gasteiger partial charge in [-0.05, 0) is 42.7 Å². The minimum Gasteiger partial charge on any atom is -0.352 e. The minimum absolute atomic E-state index is 0.0317. The molecule has 140 valence electrons. The second-order valence-electron chi connectivity index (χ2n) is 6.68. The molecule has 0 aliphatic carbocycles. The number of halogens is 2. The zero-order valence-electron chi connectivity index (χ0n) is 14.6. The van der Waals surface area contributed by atoms with Crippen LogP contribution in [-0.2, 0) is 11.3 Å². The van der Waals surface area contributed by atoms with Crippen LogP contribution in [0.5, 0.6) is 0 Å². The number of nitrogens with one attached hydrogen (secondary N) is 1. The molecule has 8 heteroatoms. The van der Waals surface area contributed by atoms with Crippen molar-refractivity contribution in [1.29, 1.82) is 0 Å². The summed E-state index contributed by atoms with van der Waals surface area (Å²) in [7, 11) is 0. The molecule has 1 amide bonds. The molecule has 1 aliphatic rings. The molecule has 1 atom stereocenters. The number of aromatic nitrogens is 3. The lowest BCUT2D eigenvalue weighted by atomic mass is 9.97. The molecule has 27 heavy (non-hydrogen) atoms. The summed E-state index contributed by atoms with van der Waals surface area (Å²) in [6, 6.07) is 9.87. The molecule has 3 heterocycles. The fourth-order valence-corrected chi connectivity index (χ4v) is 3.64. The van der Waals surface area contributed by atoms with E-state index in [-0.39, 0.29) is 17.6 Å². The van der Waals surface area contributed by atoms with E-state index >= 15 is 0 Å². The zero-order chi connectivity index (χ0) is 18.8. The van der Waals surface area contributed by atoms with E-state index in [1.807, 2.05) is 16.7 Å². The van der Waals surface area contributed by atoms with Crippen molar-refractivity contribution < 1.29 is 9.18 Å². The highest BCUT2D eigenvalue weighted by molar-refractivity contribution is 6.33. The van der Waals surface area contributed by atoms with Gasteiger partial charge in [-0.1, -0.05) is 23.7 Å². The number of amides is 1. The number of hydrogen-bond donors (Lipinski definition) is 1. The van der Waals surface area contributed by atoms with Crippen molar-refractivity contribution in [2.24, 2.45) is 5.92 Å². The van der Waals surface area contributed by atoms with E-state index in [9.17, 15) is 9.18 Å². The van der Waals surface area contributed by atoms with Gasteiger partial charge >= 0.3 is 0 Å². The summed E-state index contributed by atoms with van der Waals surface area (Å²) >= 11 is 6.17. The van der Waals surface area contributed by atoms with Gasteiger partial charge in [-0.25, -0.2) is 4.39 Å². The van der Waals surface area contributed by atoms with Crippen LogP contribution < -0.4 is 10.2 Å². The van der Waals surface area contributed by atoms with Crippen LogP contribution in [0.4, 0.5) is 10.3 Å². The summed E-state index contributed by atoms with van der Waals surface area (Å²) in [5, 5.41) is 11.9. The summed E-state index contributed by atoms with van der Waals surface area (Å²) in [4.78, 5) is 14.7. The molecule has 0 saturated carbocycles. The smallest absolute Gasteiger partial charge is 0.231 e. The number of anilines is 1. The Hall–Kier alpha value is -2.67. The third-order valence-electron chi connectivity index (χ3n) is 4.80. The zero-order valence-corrected chi connectivity index (χ0v) is 15.4. The number of nitrogens with zero attached hydrogens (tertiary/aromatic N) is 4. The maximum atomic E-state index is 13.3. The molecule has 1 aliphatic heterocycles. The van der Waals surface area contributed by atoms with Crippen molar-refractivity contribution >= 4 is 29.1 Å². The molecule has 0 unspecified atom stereocenters. The number of benzene rings is 1. The maximum absolute atomic E-state index is 13.3. The number of carbonyl (C=O) groups excluding carboxylic acids is 1. The van der Waals surface area contributed by atoms with Crippen LogP contribution in [0.25, 0.3) is 5.65 Å². The lowest BCUT2D eigenvalue weighted by Crippen LogP contribution is -2.43. The number of piperidine rings is 1. The predicted octanol–water partition coefficient (Wildman–Crippen LogP) is 3.05. The van der Waals surface area contributed by atoms with E-state index in [2.05, 4.69) is 20.4 Å². The molecule has 1 N–H and O–H groups in total. The van der Waals surface area contributed by atoms with Gasteiger partial charge in [0.05, 0.1) is 10.9 Å². The van der Waals surface area contributed by atoms with Gasteiger partial charge in [-0.2, -0.15) is 0 Å². The monoisotopic (exact) mass is 387 g/mol. The van der Waals surface area contributed by atoms with Crippen LogP contribution in [0.3, 0.4) is 0 Å². The van der Waals surface area contributed by atoms with E-state index in [0.29, 0.717) is 29.7 Å². The first kappa shape index (κ1) is 17.7. The first-order chi connectivity index (χ1) is 13.1. The average Bonchev–Trinajstić information content (AvgIpc) is 3.12. The van der Waals surface area contributed by atoms with Crippen molar-refractivity contribution in [2.75, 3.05) is 18.0 Å². The van der Waals surface area contributed by atoms with Crippen LogP contribution in [0.15, 0.2) is 42.6 Å². The van der Waals surface area contributed by atoms with E-state index in [0.717, 1.165) is 24.9 Å². The molecular formula is C19H19ClFN5O. The summed E-state index contributed by atoms with van der Waals surface area (Å²) in [5.74, 6) is 0.202. The van der Waals surface area contributed by atoms with Crippen molar-refractivity contribution in [3.63, 3.8) is 0 Å². The van der Waals surface area contributed by atoms with Gasteiger partial charge in [-0.3, -0.25) is 9.20 Å². The normalized spacial score (nSPS) is 17.3. The highest BCUT2D eigenvalue weighted by Gasteiger charge is 2.28. The first-order valence-electron chi connectivity index (χ1n) is 8.88. The maximum Gasteiger partial charge on any atom is 0.231 e. The standard InChI is InChI=1S/C19H19ClFN5O/c20-16-7-3-9-26-17(16)23-24-19(26)25-8-2-5-14(12-25)18(27)22-11-13-4-1-6-15(21)10-13/h1,3-4,6-7,9-10,14H,2,5,8,11-12H2,(H,22,27)/t14-/m1/s1. The predicted molar refractivity (Wildman–Crippen MR) is 101 cm³/mol. The van der Waals surface area contributed by atoms with Gasteiger partial charge in [0.15, 0.2) is 5.65 Å². The third kappa shape index (κ3) is 3.73. The van der Waals surface area contributed by atoms with Crippen LogP contribution in [0.2, 0.25) is 5.02 Å². The van der Waals surface area contributed by atoms with Gasteiger partial charge in [0.1, 0.15) is 5.82 Å². The first-order valence-corrected chi connectivity index (χ1v) is 9.26. The minimum atomic E-state index is -0.303. The molecule has 0 bridgehead atoms. The Morgan fingerprint density at radius 3 is 3.04 bits per heavy atom. The number of rotatable bonds is 4. The van der Waals surface area contributed by atoms with E-state index in [4.69, 9.17) is 11.6 Å². The molecule has 3 aromatic rings. The Morgan fingerprint density at radius 2 is 2.19 bits per heavy atom. The molecule has 4 rings (SSSR count). The van der Waals surface area contributed by atoms with Crippen LogP contribution >= 0.6 is 11.6 Å². The summed E-state index contributed by atoms with van der Waals surface area (Å²) < 4.78 is 15.1. The Kier molecular flexibility index (Phi) is 4.94. The second kappa shape index (κ2) is 7.52. The van der Waals surface area contributed by atoms with Crippen LogP contribution in [0, 0.1) is 11.7 Å². The summed E-state index contributed by atoms with van der Waals surface area (Å²) in [6.45, 7) is 1.68. The summed E-state index contributed by atoms with van der Waals surface area (Å²) in [6.07, 6.45) is 3.56. The third-order valence-corrected chi connectivity index (χ3v) is 5.09. The van der Waals surface area contributed by atoms with Gasteiger partial charge < -0.3 is 10.2 Å². The number of hydrogen-bond acceptors (Lipinski definition) is 4. The van der Waals surface area contributed by atoms with Gasteiger partial charge in [-0.15, -0.1) is 10.2 Å². The Bertz CT molecular complexity index is 976. The lowest BCUT2D eigenvalue weighted by Gasteiger charge is -2.32. The molecule has 1 aromatic carbocycles. The quantitative estimate of drug-likeness (QED) is 0.747. The molecule has 2 aromatic heterocycles. The van der Waals surface area contributed by atoms with Crippen molar-refractivity contribution in [1.82, 2.24) is 19.9 Å². The Labute approximate surface area is 161 Å².